The smallest absolute Gasteiger partial charge is 0.217 e. The molecule has 0 fully saturated rings. The van der Waals surface area contributed by atoms with Gasteiger partial charge in [-0.15, -0.1) is 17.7 Å². The Morgan fingerprint density at radius 2 is 1.86 bits per heavy atom. The molecule has 3 heterocycles. The number of aromatic hydroxyl groups is 1. The molecule has 0 aliphatic heterocycles. The van der Waals surface area contributed by atoms with Gasteiger partial charge in [0.15, 0.2) is 0 Å². The summed E-state index contributed by atoms with van der Waals surface area (Å²) < 4.78 is 24.6. The number of nitrogens with zero attached hydrogens (tertiary/aromatic N) is 3. The van der Waals surface area contributed by atoms with Crippen LogP contribution in [0, 0.1) is 6.07 Å². The predicted molar refractivity (Wildman–Crippen MR) is 140 cm³/mol. The molecule has 1 N–H and O–H groups in total. The van der Waals surface area contributed by atoms with Gasteiger partial charge in [-0.25, -0.2) is 9.97 Å². The van der Waals surface area contributed by atoms with Crippen molar-refractivity contribution in [3.63, 3.8) is 0 Å². The first-order chi connectivity index (χ1) is 17.7. The summed E-state index contributed by atoms with van der Waals surface area (Å²) in [6.45, 7) is 6.44. The quantitative estimate of drug-likeness (QED) is 0.203. The van der Waals surface area contributed by atoms with E-state index in [-0.39, 0.29) is 44.3 Å². The van der Waals surface area contributed by atoms with Gasteiger partial charge in [0.25, 0.3) is 0 Å². The van der Waals surface area contributed by atoms with Crippen molar-refractivity contribution in [3.8, 4) is 23.2 Å². The summed E-state index contributed by atoms with van der Waals surface area (Å²) in [6, 6.07) is 24.1. The van der Waals surface area contributed by atoms with Crippen molar-refractivity contribution in [2.75, 3.05) is 0 Å². The molecule has 3 aromatic heterocycles. The van der Waals surface area contributed by atoms with Crippen LogP contribution in [0.2, 0.25) is 0 Å². The molecule has 0 aliphatic carbocycles. The molecule has 0 unspecified atom stereocenters. The zero-order chi connectivity index (χ0) is 25.9. The van der Waals surface area contributed by atoms with Gasteiger partial charge in [0, 0.05) is 50.0 Å². The standard InChI is InChI=1S/C30H24N3O2.Pt/c1-30(2,3)22-17-20(35-27-15-14-19-9-8-12-25(34)29(19)32-27)18-24-28(22)21-10-4-5-11-23(21)33(24)26-13-6-7-16-31-26;/h4-17,34H,1-3H3;/q-1;/i7D,13D;. The van der Waals surface area contributed by atoms with E-state index in [0.29, 0.717) is 23.0 Å². The first-order valence-electron chi connectivity index (χ1n) is 12.4. The molecule has 3 aromatic carbocycles. The first kappa shape index (κ1) is 21.6. The number of benzene rings is 3. The third kappa shape index (κ3) is 4.04. The van der Waals surface area contributed by atoms with E-state index in [1.807, 2.05) is 41.0 Å². The van der Waals surface area contributed by atoms with E-state index in [9.17, 15) is 5.11 Å². The summed E-state index contributed by atoms with van der Waals surface area (Å²) in [5.74, 6) is 1.31. The number of fused-ring (bicyclic) bond motifs is 4. The molecule has 0 aliphatic rings. The van der Waals surface area contributed by atoms with E-state index in [1.165, 1.54) is 12.3 Å². The average Bonchev–Trinajstić information content (AvgIpc) is 3.17. The maximum Gasteiger partial charge on any atom is 0.217 e. The number of pyridine rings is 2. The fraction of sp³-hybridized carbons (Fsp3) is 0.133. The fourth-order valence-corrected chi connectivity index (χ4v) is 4.54. The van der Waals surface area contributed by atoms with Crippen LogP contribution in [0.5, 0.6) is 17.4 Å². The van der Waals surface area contributed by atoms with Crippen LogP contribution < -0.4 is 4.74 Å². The third-order valence-electron chi connectivity index (χ3n) is 6.11. The fourth-order valence-electron chi connectivity index (χ4n) is 4.54. The van der Waals surface area contributed by atoms with E-state index in [0.717, 1.165) is 32.8 Å². The number of aromatic nitrogens is 3. The molecule has 182 valence electrons. The van der Waals surface area contributed by atoms with Crippen LogP contribution >= 0.6 is 0 Å². The Morgan fingerprint density at radius 3 is 2.67 bits per heavy atom. The number of phenols is 1. The molecule has 36 heavy (non-hydrogen) atoms. The van der Waals surface area contributed by atoms with Crippen LogP contribution in [0.15, 0.2) is 85.0 Å². The molecule has 6 rings (SSSR count). The first-order valence-corrected chi connectivity index (χ1v) is 11.4. The van der Waals surface area contributed by atoms with Crippen LogP contribution in [0.1, 0.15) is 29.1 Å². The minimum absolute atomic E-state index is 0. The summed E-state index contributed by atoms with van der Waals surface area (Å²) in [4.78, 5) is 8.98. The number of hydrogen-bond donors (Lipinski definition) is 1. The Bertz CT molecular complexity index is 1840. The summed E-state index contributed by atoms with van der Waals surface area (Å²) in [6.07, 6.45) is 1.45. The maximum absolute atomic E-state index is 10.3. The molecule has 6 heteroatoms. The van der Waals surface area contributed by atoms with Gasteiger partial charge in [-0.3, -0.25) is 0 Å². The topological polar surface area (TPSA) is 60.2 Å². The normalized spacial score (nSPS) is 12.4. The SMILES string of the molecule is [2H]c1cnc(-n2c3[c-]c(Oc4ccc5cccc(O)c5n4)cc(C(C)(C)C)c3c3ccccc32)c([2H])c1.[Pt]. The molecule has 0 spiro atoms. The van der Waals surface area contributed by atoms with Crippen LogP contribution in [0.3, 0.4) is 0 Å². The molecule has 6 aromatic rings. The van der Waals surface area contributed by atoms with Crippen molar-refractivity contribution in [2.45, 2.75) is 26.2 Å². The summed E-state index contributed by atoms with van der Waals surface area (Å²) in [7, 11) is 0. The molecule has 0 bridgehead atoms. The number of hydrogen-bond acceptors (Lipinski definition) is 4. The summed E-state index contributed by atoms with van der Waals surface area (Å²) >= 11 is 0. The Kier molecular flexibility index (Phi) is 5.44. The second-order valence-corrected chi connectivity index (χ2v) is 9.51. The van der Waals surface area contributed by atoms with E-state index >= 15 is 0 Å². The van der Waals surface area contributed by atoms with Gasteiger partial charge in [0.05, 0.1) is 2.74 Å². The Hall–Kier alpha value is -3.69. The van der Waals surface area contributed by atoms with Gasteiger partial charge in [0.1, 0.15) is 17.1 Å². The van der Waals surface area contributed by atoms with E-state index < -0.39 is 0 Å². The molecular weight excluding hydrogens is 629 g/mol. The van der Waals surface area contributed by atoms with Gasteiger partial charge in [-0.05, 0) is 41.1 Å². The number of phenolic OH excluding ortho intramolecular Hbond substituents is 1. The van der Waals surface area contributed by atoms with Crippen molar-refractivity contribution in [1.82, 2.24) is 14.5 Å². The average molecular weight is 656 g/mol. The van der Waals surface area contributed by atoms with Crippen LogP contribution in [-0.4, -0.2) is 19.6 Å². The van der Waals surface area contributed by atoms with Gasteiger partial charge in [-0.1, -0.05) is 68.1 Å². The predicted octanol–water partition coefficient (Wildman–Crippen LogP) is 7.32. The zero-order valence-electron chi connectivity index (χ0n) is 21.9. The molecule has 0 amide bonds. The van der Waals surface area contributed by atoms with Crippen molar-refractivity contribution < 1.29 is 33.7 Å². The number of rotatable bonds is 3. The zero-order valence-corrected chi connectivity index (χ0v) is 22.2. The third-order valence-corrected chi connectivity index (χ3v) is 6.11. The molecule has 0 saturated carbocycles. The Balaban J connectivity index is 0.00000294. The van der Waals surface area contributed by atoms with Gasteiger partial charge in [-0.2, -0.15) is 0 Å². The van der Waals surface area contributed by atoms with Crippen molar-refractivity contribution >= 4 is 32.7 Å². The minimum atomic E-state index is -0.238. The van der Waals surface area contributed by atoms with Crippen molar-refractivity contribution in [2.24, 2.45) is 0 Å². The molecule has 0 saturated heterocycles. The summed E-state index contributed by atoms with van der Waals surface area (Å²) in [5.41, 5.74) is 2.90. The molecule has 5 nitrogen and oxygen atoms in total. The molecule has 0 radical (unpaired) electrons. The second kappa shape index (κ2) is 9.07. The minimum Gasteiger partial charge on any atom is -0.506 e. The van der Waals surface area contributed by atoms with E-state index in [1.54, 1.807) is 18.2 Å². The largest absolute Gasteiger partial charge is 0.506 e. The molecular formula is C30H24N3O2Pt-. The number of para-hydroxylation sites is 2. The van der Waals surface area contributed by atoms with E-state index in [4.69, 9.17) is 7.48 Å². The van der Waals surface area contributed by atoms with Crippen molar-refractivity contribution in [3.05, 3.63) is 96.6 Å². The van der Waals surface area contributed by atoms with E-state index in [2.05, 4.69) is 42.9 Å². The van der Waals surface area contributed by atoms with Gasteiger partial charge in [0.2, 0.25) is 5.88 Å². The van der Waals surface area contributed by atoms with Crippen LogP contribution in [0.25, 0.3) is 38.5 Å². The van der Waals surface area contributed by atoms with Gasteiger partial charge >= 0.3 is 0 Å². The summed E-state index contributed by atoms with van der Waals surface area (Å²) in [5, 5.41) is 13.1. The van der Waals surface area contributed by atoms with Gasteiger partial charge < -0.3 is 14.4 Å². The van der Waals surface area contributed by atoms with Crippen molar-refractivity contribution in [1.29, 1.82) is 0 Å². The van der Waals surface area contributed by atoms with Crippen LogP contribution in [0.4, 0.5) is 0 Å². The monoisotopic (exact) mass is 655 g/mol. The van der Waals surface area contributed by atoms with Crippen LogP contribution in [-0.2, 0) is 26.5 Å². The Morgan fingerprint density at radius 1 is 1.03 bits per heavy atom. The number of ether oxygens (including phenoxy) is 1. The molecule has 0 atom stereocenters. The Labute approximate surface area is 226 Å². The maximum atomic E-state index is 10.3. The second-order valence-electron chi connectivity index (χ2n) is 9.51.